The molecule has 0 aromatic carbocycles. The van der Waals surface area contributed by atoms with Crippen LogP contribution in [0.15, 0.2) is 5.51 Å². The standard InChI is InChI=1S/C3H5N2O3PS2/c6-9(7,8)11-1-3-5-4-2-10-3/h2H,1H2,(H2,6,7,8). The molecule has 0 aliphatic rings. The van der Waals surface area contributed by atoms with E-state index in [9.17, 15) is 4.57 Å². The Morgan fingerprint density at radius 3 is 2.91 bits per heavy atom. The van der Waals surface area contributed by atoms with Gasteiger partial charge in [0.1, 0.15) is 10.5 Å². The molecule has 0 amide bonds. The van der Waals surface area contributed by atoms with Crippen molar-refractivity contribution in [3.05, 3.63) is 10.5 Å². The molecule has 62 valence electrons. The normalized spacial score (nSPS) is 11.8. The maximum Gasteiger partial charge on any atom is 0.384 e. The first-order chi connectivity index (χ1) is 5.08. The second-order valence-corrected chi connectivity index (χ2v) is 6.24. The van der Waals surface area contributed by atoms with Gasteiger partial charge in [-0.05, 0) is 11.4 Å². The highest BCUT2D eigenvalue weighted by Crippen LogP contribution is 2.51. The van der Waals surface area contributed by atoms with E-state index < -0.39 is 6.80 Å². The van der Waals surface area contributed by atoms with Crippen molar-refractivity contribution in [3.63, 3.8) is 0 Å². The summed E-state index contributed by atoms with van der Waals surface area (Å²) < 4.78 is 10.3. The summed E-state index contributed by atoms with van der Waals surface area (Å²) in [5.74, 6) is 0.217. The van der Waals surface area contributed by atoms with Crippen LogP contribution in [-0.2, 0) is 10.3 Å². The predicted octanol–water partition coefficient (Wildman–Crippen LogP) is 0.864. The third-order valence-corrected chi connectivity index (χ3v) is 3.78. The summed E-state index contributed by atoms with van der Waals surface area (Å²) in [4.78, 5) is 16.9. The van der Waals surface area contributed by atoms with Gasteiger partial charge in [-0.1, -0.05) is 0 Å². The van der Waals surface area contributed by atoms with Crippen LogP contribution in [0.1, 0.15) is 5.01 Å². The molecule has 0 unspecified atom stereocenters. The summed E-state index contributed by atoms with van der Waals surface area (Å²) >= 11 is 1.84. The fourth-order valence-corrected chi connectivity index (χ4v) is 2.63. The smallest absolute Gasteiger partial charge is 0.317 e. The van der Waals surface area contributed by atoms with Crippen LogP contribution in [0.4, 0.5) is 0 Å². The van der Waals surface area contributed by atoms with E-state index in [1.807, 2.05) is 0 Å². The van der Waals surface area contributed by atoms with E-state index in [1.54, 1.807) is 0 Å². The number of hydrogen-bond acceptors (Lipinski definition) is 5. The van der Waals surface area contributed by atoms with Crippen molar-refractivity contribution in [2.75, 3.05) is 0 Å². The lowest BCUT2D eigenvalue weighted by molar-refractivity contribution is 0.397. The zero-order valence-electron chi connectivity index (χ0n) is 5.25. The Morgan fingerprint density at radius 1 is 1.73 bits per heavy atom. The highest BCUT2D eigenvalue weighted by Gasteiger charge is 2.14. The molecular weight excluding hydrogens is 207 g/mol. The molecule has 0 aliphatic heterocycles. The van der Waals surface area contributed by atoms with Crippen LogP contribution in [0.3, 0.4) is 0 Å². The molecular formula is C3H5N2O3PS2. The fourth-order valence-electron chi connectivity index (χ4n) is 0.398. The molecule has 1 heterocycles. The number of hydrogen-bond donors (Lipinski definition) is 2. The Labute approximate surface area is 70.8 Å². The SMILES string of the molecule is O=P(O)(O)SCc1nncs1. The third-order valence-electron chi connectivity index (χ3n) is 0.761. The lowest BCUT2D eigenvalue weighted by Gasteiger charge is -1.98. The van der Waals surface area contributed by atoms with E-state index in [2.05, 4.69) is 10.2 Å². The third kappa shape index (κ3) is 3.83. The van der Waals surface area contributed by atoms with Gasteiger partial charge in [0.05, 0.1) is 5.75 Å². The molecule has 0 fully saturated rings. The van der Waals surface area contributed by atoms with E-state index in [-0.39, 0.29) is 5.75 Å². The highest BCUT2D eigenvalue weighted by molar-refractivity contribution is 8.54. The van der Waals surface area contributed by atoms with E-state index in [0.717, 1.165) is 0 Å². The summed E-state index contributed by atoms with van der Waals surface area (Å²) in [5.41, 5.74) is 1.52. The van der Waals surface area contributed by atoms with E-state index >= 15 is 0 Å². The zero-order valence-corrected chi connectivity index (χ0v) is 7.77. The van der Waals surface area contributed by atoms with Crippen molar-refractivity contribution in [2.45, 2.75) is 5.75 Å². The molecule has 8 heteroatoms. The zero-order chi connectivity index (χ0) is 8.32. The van der Waals surface area contributed by atoms with Gasteiger partial charge in [0.25, 0.3) is 0 Å². The van der Waals surface area contributed by atoms with Gasteiger partial charge >= 0.3 is 6.80 Å². The summed E-state index contributed by atoms with van der Waals surface area (Å²) in [6.07, 6.45) is 0. The van der Waals surface area contributed by atoms with Gasteiger partial charge in [0, 0.05) is 0 Å². The first-order valence-corrected chi connectivity index (χ1v) is 6.61. The molecule has 0 radical (unpaired) electrons. The second kappa shape index (κ2) is 3.64. The van der Waals surface area contributed by atoms with E-state index in [1.165, 1.54) is 16.8 Å². The number of nitrogens with zero attached hydrogens (tertiary/aromatic N) is 2. The summed E-state index contributed by atoms with van der Waals surface area (Å²) in [5, 5.41) is 7.77. The second-order valence-electron chi connectivity index (χ2n) is 1.60. The van der Waals surface area contributed by atoms with Crippen LogP contribution < -0.4 is 0 Å². The maximum absolute atomic E-state index is 10.3. The van der Waals surface area contributed by atoms with E-state index in [4.69, 9.17) is 9.79 Å². The van der Waals surface area contributed by atoms with Gasteiger partial charge in [-0.3, -0.25) is 0 Å². The molecule has 0 saturated heterocycles. The average Bonchev–Trinajstić information content (AvgIpc) is 2.32. The summed E-state index contributed by atoms with van der Waals surface area (Å²) in [6, 6.07) is 0. The lowest BCUT2D eigenvalue weighted by atomic mass is 10.9. The van der Waals surface area contributed by atoms with Crippen molar-refractivity contribution in [1.82, 2.24) is 10.2 Å². The van der Waals surface area contributed by atoms with Gasteiger partial charge in [0.2, 0.25) is 0 Å². The maximum atomic E-state index is 10.3. The molecule has 0 saturated carbocycles. The predicted molar refractivity (Wildman–Crippen MR) is 43.2 cm³/mol. The molecule has 1 rings (SSSR count). The first kappa shape index (κ1) is 9.15. The van der Waals surface area contributed by atoms with Crippen molar-refractivity contribution in [3.8, 4) is 0 Å². The highest BCUT2D eigenvalue weighted by atomic mass is 32.7. The minimum Gasteiger partial charge on any atom is -0.317 e. The van der Waals surface area contributed by atoms with Crippen LogP contribution in [0.2, 0.25) is 0 Å². The van der Waals surface area contributed by atoms with Crippen LogP contribution in [-0.4, -0.2) is 20.0 Å². The molecule has 0 aliphatic carbocycles. The molecule has 5 nitrogen and oxygen atoms in total. The van der Waals surface area contributed by atoms with Crippen LogP contribution in [0, 0.1) is 0 Å². The van der Waals surface area contributed by atoms with Crippen molar-refractivity contribution < 1.29 is 14.4 Å². The largest absolute Gasteiger partial charge is 0.384 e. The van der Waals surface area contributed by atoms with Gasteiger partial charge in [-0.15, -0.1) is 21.5 Å². The Balaban J connectivity index is 2.41. The molecule has 1 aromatic heterocycles. The van der Waals surface area contributed by atoms with Crippen molar-refractivity contribution in [2.24, 2.45) is 0 Å². The molecule has 1 aromatic rings. The molecule has 11 heavy (non-hydrogen) atoms. The first-order valence-electron chi connectivity index (χ1n) is 2.53. The fraction of sp³-hybridized carbons (Fsp3) is 0.333. The van der Waals surface area contributed by atoms with Crippen LogP contribution >= 0.6 is 29.5 Å². The van der Waals surface area contributed by atoms with Crippen molar-refractivity contribution >= 4 is 29.5 Å². The minimum absolute atomic E-state index is 0.217. The summed E-state index contributed by atoms with van der Waals surface area (Å²) in [7, 11) is 0. The van der Waals surface area contributed by atoms with Crippen LogP contribution in [0.25, 0.3) is 0 Å². The Bertz CT molecular complexity index is 258. The Morgan fingerprint density at radius 2 is 2.45 bits per heavy atom. The van der Waals surface area contributed by atoms with Crippen LogP contribution in [0.5, 0.6) is 0 Å². The van der Waals surface area contributed by atoms with Crippen molar-refractivity contribution in [1.29, 1.82) is 0 Å². The molecule has 2 N–H and O–H groups in total. The monoisotopic (exact) mass is 212 g/mol. The Kier molecular flexibility index (Phi) is 3.03. The summed E-state index contributed by atoms with van der Waals surface area (Å²) in [6.45, 7) is -3.95. The van der Waals surface area contributed by atoms with E-state index in [0.29, 0.717) is 16.4 Å². The Hall–Kier alpha value is 0.0600. The minimum atomic E-state index is -3.95. The van der Waals surface area contributed by atoms with Gasteiger partial charge in [-0.25, -0.2) is 4.57 Å². The quantitative estimate of drug-likeness (QED) is 0.723. The van der Waals surface area contributed by atoms with Gasteiger partial charge < -0.3 is 9.79 Å². The topological polar surface area (TPSA) is 83.3 Å². The van der Waals surface area contributed by atoms with Gasteiger partial charge in [-0.2, -0.15) is 0 Å². The van der Waals surface area contributed by atoms with Gasteiger partial charge in [0.15, 0.2) is 0 Å². The molecule has 0 spiro atoms. The average molecular weight is 212 g/mol. The molecule has 0 bridgehead atoms. The lowest BCUT2D eigenvalue weighted by Crippen LogP contribution is -1.78. The number of aromatic nitrogens is 2. The number of rotatable bonds is 3. The molecule has 0 atom stereocenters.